The smallest absolute Gasteiger partial charge is 0.243 e. The molecule has 1 aliphatic rings. The van der Waals surface area contributed by atoms with Crippen LogP contribution in [0.2, 0.25) is 0 Å². The van der Waals surface area contributed by atoms with Gasteiger partial charge in [-0.1, -0.05) is 49.4 Å². The minimum Gasteiger partial charge on any atom is -0.369 e. The maximum absolute atomic E-state index is 14.8. The molecule has 0 spiro atoms. The number of nitrogens with two attached hydrogens (primary N) is 1. The molecule has 32 heavy (non-hydrogen) atoms. The van der Waals surface area contributed by atoms with Crippen LogP contribution >= 0.6 is 0 Å². The maximum atomic E-state index is 14.8. The van der Waals surface area contributed by atoms with Crippen molar-refractivity contribution in [3.05, 3.63) is 72.6 Å². The van der Waals surface area contributed by atoms with Crippen molar-refractivity contribution in [3.8, 4) is 0 Å². The minimum atomic E-state index is -1.48. The fraction of sp³-hybridized carbons (Fsp3) is 0.227. The highest BCUT2D eigenvalue weighted by Gasteiger charge is 2.47. The molecule has 2 aromatic heterocycles. The first-order valence-electron chi connectivity index (χ1n) is 10.1. The number of nitrogens with zero attached hydrogens (tertiary/aromatic N) is 3. The lowest BCUT2D eigenvalue weighted by Crippen LogP contribution is -2.57. The van der Waals surface area contributed by atoms with Gasteiger partial charge in [-0.05, 0) is 18.1 Å². The molecule has 10 heteroatoms. The summed E-state index contributed by atoms with van der Waals surface area (Å²) < 4.78 is 14.8. The molecule has 0 radical (unpaired) electrons. The molecule has 1 aromatic carbocycles. The number of benzene rings is 1. The Morgan fingerprint density at radius 1 is 1.25 bits per heavy atom. The Balaban J connectivity index is 1.69. The Kier molecular flexibility index (Phi) is 5.67. The van der Waals surface area contributed by atoms with Crippen molar-refractivity contribution in [2.24, 2.45) is 11.7 Å². The number of carbonyl (C=O) groups excluding carboxylic acids is 2. The quantitative estimate of drug-likeness (QED) is 0.448. The fourth-order valence-electron chi connectivity index (χ4n) is 3.91. The van der Waals surface area contributed by atoms with Gasteiger partial charge >= 0.3 is 0 Å². The van der Waals surface area contributed by atoms with Crippen molar-refractivity contribution >= 4 is 28.8 Å². The SMILES string of the molecule is CCC(Nc1ncnc2nc[nH]c12)C(=O)NC1(c2ccccc2)C=CC=C(F)[C@@H]1C(N)=O. The van der Waals surface area contributed by atoms with Gasteiger partial charge in [0, 0.05) is 0 Å². The topological polar surface area (TPSA) is 139 Å². The Morgan fingerprint density at radius 2 is 2.03 bits per heavy atom. The number of aromatic nitrogens is 4. The molecule has 2 amide bonds. The van der Waals surface area contributed by atoms with Gasteiger partial charge in [0.1, 0.15) is 35.2 Å². The van der Waals surface area contributed by atoms with Crippen LogP contribution in [0.4, 0.5) is 10.2 Å². The third kappa shape index (κ3) is 3.70. The summed E-state index contributed by atoms with van der Waals surface area (Å²) in [6.07, 6.45) is 7.44. The molecule has 164 valence electrons. The molecule has 0 bridgehead atoms. The third-order valence-corrected chi connectivity index (χ3v) is 5.47. The number of rotatable bonds is 7. The first kappa shape index (κ1) is 21.2. The van der Waals surface area contributed by atoms with Crippen molar-refractivity contribution in [1.82, 2.24) is 25.3 Å². The lowest BCUT2D eigenvalue weighted by molar-refractivity contribution is -0.127. The molecule has 1 aliphatic carbocycles. The van der Waals surface area contributed by atoms with E-state index in [0.29, 0.717) is 29.0 Å². The Bertz CT molecular complexity index is 1210. The number of anilines is 1. The maximum Gasteiger partial charge on any atom is 0.243 e. The predicted octanol–water partition coefficient (Wildman–Crippen LogP) is 2.08. The van der Waals surface area contributed by atoms with Gasteiger partial charge in [-0.3, -0.25) is 9.59 Å². The zero-order chi connectivity index (χ0) is 22.7. The van der Waals surface area contributed by atoms with E-state index < -0.39 is 35.1 Å². The molecule has 0 fully saturated rings. The number of halogens is 1. The summed E-state index contributed by atoms with van der Waals surface area (Å²) in [6, 6.07) is 7.97. The van der Waals surface area contributed by atoms with Crippen LogP contribution < -0.4 is 16.4 Å². The van der Waals surface area contributed by atoms with Gasteiger partial charge < -0.3 is 21.4 Å². The summed E-state index contributed by atoms with van der Waals surface area (Å²) >= 11 is 0. The van der Waals surface area contributed by atoms with Crippen molar-refractivity contribution in [2.45, 2.75) is 24.9 Å². The van der Waals surface area contributed by atoms with E-state index >= 15 is 0 Å². The van der Waals surface area contributed by atoms with Crippen LogP contribution in [0, 0.1) is 5.92 Å². The standard InChI is InChI=1S/C22H22FN7O2/c1-2-15(29-20-17-19(26-11-25-17)27-12-28-20)21(32)30-22(13-7-4-3-5-8-13)10-6-9-14(23)16(22)18(24)31/h3-12,15-16H,2H2,1H3,(H2,24,31)(H,30,32)(H2,25,26,27,28,29)/t15?,16-,22?/m1/s1. The molecular weight excluding hydrogens is 413 g/mol. The molecule has 0 saturated carbocycles. The summed E-state index contributed by atoms with van der Waals surface area (Å²) in [7, 11) is 0. The third-order valence-electron chi connectivity index (χ3n) is 5.47. The number of amides is 2. The number of hydrogen-bond donors (Lipinski definition) is 4. The van der Waals surface area contributed by atoms with Gasteiger partial charge in [0.2, 0.25) is 11.8 Å². The molecule has 0 aliphatic heterocycles. The summed E-state index contributed by atoms with van der Waals surface area (Å²) in [5.74, 6) is -3.05. The summed E-state index contributed by atoms with van der Waals surface area (Å²) in [6.45, 7) is 1.82. The van der Waals surface area contributed by atoms with Crippen LogP contribution in [0.25, 0.3) is 11.2 Å². The van der Waals surface area contributed by atoms with E-state index in [-0.39, 0.29) is 0 Å². The van der Waals surface area contributed by atoms with E-state index in [2.05, 4.69) is 30.6 Å². The Morgan fingerprint density at radius 3 is 2.75 bits per heavy atom. The number of fused-ring (bicyclic) bond motifs is 1. The largest absolute Gasteiger partial charge is 0.369 e. The van der Waals surface area contributed by atoms with Gasteiger partial charge in [-0.2, -0.15) is 0 Å². The van der Waals surface area contributed by atoms with E-state index in [1.54, 1.807) is 36.4 Å². The highest BCUT2D eigenvalue weighted by atomic mass is 19.1. The zero-order valence-electron chi connectivity index (χ0n) is 17.2. The van der Waals surface area contributed by atoms with E-state index in [0.717, 1.165) is 0 Å². The van der Waals surface area contributed by atoms with Crippen molar-refractivity contribution in [1.29, 1.82) is 0 Å². The molecule has 0 saturated heterocycles. The van der Waals surface area contributed by atoms with Gasteiger partial charge in [0.15, 0.2) is 11.5 Å². The fourth-order valence-corrected chi connectivity index (χ4v) is 3.91. The van der Waals surface area contributed by atoms with Crippen LogP contribution in [0.5, 0.6) is 0 Å². The second-order valence-corrected chi connectivity index (χ2v) is 7.40. The first-order valence-corrected chi connectivity index (χ1v) is 10.1. The summed E-state index contributed by atoms with van der Waals surface area (Å²) in [4.78, 5) is 41.0. The van der Waals surface area contributed by atoms with Crippen LogP contribution in [-0.4, -0.2) is 37.8 Å². The highest BCUT2D eigenvalue weighted by Crippen LogP contribution is 2.39. The molecule has 2 heterocycles. The van der Waals surface area contributed by atoms with Gasteiger partial charge in [0.05, 0.1) is 6.33 Å². The number of carbonyl (C=O) groups is 2. The van der Waals surface area contributed by atoms with Gasteiger partial charge in [0.25, 0.3) is 0 Å². The average molecular weight is 435 g/mol. The molecular formula is C22H22FN7O2. The number of aromatic amines is 1. The second kappa shape index (κ2) is 8.58. The lowest BCUT2D eigenvalue weighted by Gasteiger charge is -2.40. The number of hydrogen-bond acceptors (Lipinski definition) is 6. The summed E-state index contributed by atoms with van der Waals surface area (Å²) in [5.41, 5.74) is 5.64. The molecule has 3 aromatic rings. The van der Waals surface area contributed by atoms with Crippen molar-refractivity contribution < 1.29 is 14.0 Å². The normalized spacial score (nSPS) is 21.1. The zero-order valence-corrected chi connectivity index (χ0v) is 17.2. The number of primary amides is 1. The van der Waals surface area contributed by atoms with E-state index in [9.17, 15) is 14.0 Å². The molecule has 5 N–H and O–H groups in total. The number of H-pyrrole nitrogens is 1. The number of nitrogens with one attached hydrogen (secondary N) is 3. The molecule has 2 unspecified atom stereocenters. The molecule has 3 atom stereocenters. The average Bonchev–Trinajstić information content (AvgIpc) is 3.27. The molecule has 4 rings (SSSR count). The number of allylic oxidation sites excluding steroid dienone is 2. The van der Waals surface area contributed by atoms with Crippen molar-refractivity contribution in [3.63, 3.8) is 0 Å². The lowest BCUT2D eigenvalue weighted by atomic mass is 9.74. The Labute approximate surface area is 183 Å². The summed E-state index contributed by atoms with van der Waals surface area (Å²) in [5, 5.41) is 5.97. The van der Waals surface area contributed by atoms with Crippen LogP contribution in [0.15, 0.2) is 67.0 Å². The van der Waals surface area contributed by atoms with Crippen LogP contribution in [0.3, 0.4) is 0 Å². The minimum absolute atomic E-state index is 0.389. The predicted molar refractivity (Wildman–Crippen MR) is 117 cm³/mol. The van der Waals surface area contributed by atoms with Crippen molar-refractivity contribution in [2.75, 3.05) is 5.32 Å². The van der Waals surface area contributed by atoms with Crippen LogP contribution in [0.1, 0.15) is 18.9 Å². The van der Waals surface area contributed by atoms with E-state index in [1.165, 1.54) is 24.8 Å². The van der Waals surface area contributed by atoms with E-state index in [4.69, 9.17) is 5.73 Å². The van der Waals surface area contributed by atoms with Gasteiger partial charge in [-0.25, -0.2) is 19.3 Å². The van der Waals surface area contributed by atoms with Gasteiger partial charge in [-0.15, -0.1) is 0 Å². The van der Waals surface area contributed by atoms with Crippen LogP contribution in [-0.2, 0) is 15.1 Å². The first-order chi connectivity index (χ1) is 15.5. The monoisotopic (exact) mass is 435 g/mol. The number of imidazole rings is 1. The highest BCUT2D eigenvalue weighted by molar-refractivity contribution is 5.91. The Hall–Kier alpha value is -4.08. The van der Waals surface area contributed by atoms with E-state index in [1.807, 2.05) is 6.92 Å². The second-order valence-electron chi connectivity index (χ2n) is 7.40. The molecule has 9 nitrogen and oxygen atoms in total.